The molecule has 0 N–H and O–H groups in total. The van der Waals surface area contributed by atoms with E-state index in [0.717, 1.165) is 32.1 Å². The van der Waals surface area contributed by atoms with Crippen LogP contribution in [-0.2, 0) is 66.3 Å². The van der Waals surface area contributed by atoms with Crippen LogP contribution in [0.4, 0.5) is 0 Å². The van der Waals surface area contributed by atoms with E-state index in [9.17, 15) is 4.79 Å². The summed E-state index contributed by atoms with van der Waals surface area (Å²) in [6.45, 7) is 33.9. The summed E-state index contributed by atoms with van der Waals surface area (Å²) in [5.74, 6) is 0.897. The Morgan fingerprint density at radius 1 is 0.750 bits per heavy atom. The van der Waals surface area contributed by atoms with Gasteiger partial charge in [0.15, 0.2) is 0 Å². The molecule has 1 spiro atoms. The number of carbonyl (C=O) groups is 1. The van der Waals surface area contributed by atoms with E-state index in [0.29, 0.717) is 11.7 Å². The standard InChI is InChI=1S/C16H26OSi.6CO.2Co/c1-18(2,3)13-10-14-8-7-9-15(17)16(14)11-5-4-6-12-16;6*1-2;;/h14H,4-9,11-12H2,1-3H3;;;;;;;;. The fraction of sp³-hybridized carbons (Fsp3) is 0.591. The molecule has 1 atom stereocenters. The van der Waals surface area contributed by atoms with Gasteiger partial charge < -0.3 is 0 Å². The molecule has 2 aliphatic carbocycles. The predicted octanol–water partition coefficient (Wildman–Crippen LogP) is 4.12. The second-order valence-electron chi connectivity index (χ2n) is 7.10. The molecule has 0 bridgehead atoms. The van der Waals surface area contributed by atoms with Crippen LogP contribution >= 0.6 is 0 Å². The van der Waals surface area contributed by atoms with Gasteiger partial charge in [0, 0.05) is 45.4 Å². The number of hydrogen-bond acceptors (Lipinski definition) is 1. The van der Waals surface area contributed by atoms with Crippen molar-refractivity contribution >= 4 is 13.9 Å². The van der Waals surface area contributed by atoms with Crippen LogP contribution in [0, 0.1) is 63.0 Å². The maximum atomic E-state index is 12.4. The summed E-state index contributed by atoms with van der Waals surface area (Å²) >= 11 is 0. The first-order valence-electron chi connectivity index (χ1n) is 8.73. The largest absolute Gasteiger partial charge is 0 e. The number of ketones is 1. The molecule has 2 fully saturated rings. The van der Waals surface area contributed by atoms with Gasteiger partial charge in [0.1, 0.15) is 5.78 Å². The van der Waals surface area contributed by atoms with Crippen molar-refractivity contribution in [1.29, 1.82) is 0 Å². The Balaban J connectivity index is -0.0000000779. The molecule has 0 amide bonds. The van der Waals surface area contributed by atoms with E-state index < -0.39 is 8.07 Å². The topological polar surface area (TPSA) is 136 Å². The van der Waals surface area contributed by atoms with Crippen LogP contribution in [0.25, 0.3) is 0 Å². The van der Waals surface area contributed by atoms with Gasteiger partial charge in [-0.25, -0.2) is 0 Å². The zero-order valence-electron chi connectivity index (χ0n) is 18.3. The summed E-state index contributed by atoms with van der Waals surface area (Å²) in [7, 11) is -1.32. The second kappa shape index (κ2) is 34.7. The van der Waals surface area contributed by atoms with E-state index in [2.05, 4.69) is 71.3 Å². The maximum absolute atomic E-state index is 12.4. The molecule has 4 radical (unpaired) electrons. The van der Waals surface area contributed by atoms with E-state index in [-0.39, 0.29) is 39.0 Å². The van der Waals surface area contributed by atoms with Gasteiger partial charge in [0.2, 0.25) is 0 Å². The zero-order valence-corrected chi connectivity index (χ0v) is 21.3. The predicted molar refractivity (Wildman–Crippen MR) is 101 cm³/mol. The third kappa shape index (κ3) is 21.0. The van der Waals surface area contributed by atoms with Crippen LogP contribution in [0.15, 0.2) is 0 Å². The summed E-state index contributed by atoms with van der Waals surface area (Å²) in [4.78, 5) is 12.4. The normalized spacial score (nSPS) is 16.7. The van der Waals surface area contributed by atoms with E-state index in [1.165, 1.54) is 19.3 Å². The van der Waals surface area contributed by atoms with Gasteiger partial charge >= 0.3 is 67.8 Å². The smallest absolute Gasteiger partial charge is 0 e. The Hall–Kier alpha value is -0.920. The monoisotopic (exact) mass is 548 g/mol. The summed E-state index contributed by atoms with van der Waals surface area (Å²) in [5.41, 5.74) is 3.48. The molecule has 2 saturated carbocycles. The van der Waals surface area contributed by atoms with Gasteiger partial charge in [-0.2, -0.15) is 0 Å². The van der Waals surface area contributed by atoms with Crippen molar-refractivity contribution < 1.29 is 66.3 Å². The van der Waals surface area contributed by atoms with E-state index >= 15 is 0 Å². The fourth-order valence-corrected chi connectivity index (χ4v) is 4.12. The van der Waals surface area contributed by atoms with Crippen molar-refractivity contribution in [2.75, 3.05) is 0 Å². The van der Waals surface area contributed by atoms with E-state index in [1.807, 2.05) is 0 Å². The molecule has 32 heavy (non-hydrogen) atoms. The van der Waals surface area contributed by atoms with Crippen LogP contribution in [0.1, 0.15) is 51.4 Å². The summed E-state index contributed by atoms with van der Waals surface area (Å²) < 4.78 is 45.0. The number of rotatable bonds is 2. The first-order valence-corrected chi connectivity index (χ1v) is 12.2. The van der Waals surface area contributed by atoms with Crippen LogP contribution in [0.2, 0.25) is 19.6 Å². The van der Waals surface area contributed by atoms with Gasteiger partial charge in [0.05, 0.1) is 8.07 Å². The number of allylic oxidation sites excluding steroid dienone is 1. The Bertz CT molecular complexity index is 533. The molecule has 0 aromatic heterocycles. The van der Waals surface area contributed by atoms with Crippen LogP contribution in [-0.4, -0.2) is 13.9 Å². The average Bonchev–Trinajstić information content (AvgIpc) is 2.83. The van der Waals surface area contributed by atoms with Gasteiger partial charge in [-0.1, -0.05) is 44.6 Å². The quantitative estimate of drug-likeness (QED) is 0.286. The minimum absolute atomic E-state index is 0. The van der Waals surface area contributed by atoms with Crippen LogP contribution in [0.5, 0.6) is 0 Å². The van der Waals surface area contributed by atoms with Crippen LogP contribution < -0.4 is 0 Å². The molecule has 2 aliphatic rings. The number of Topliss-reactive ketones (excluding diaryl/α,β-unsaturated/α-hetero) is 1. The molecule has 178 valence electrons. The van der Waals surface area contributed by atoms with Crippen molar-refractivity contribution in [3.63, 3.8) is 0 Å². The average molecular weight is 548 g/mol. The second-order valence-corrected chi connectivity index (χ2v) is 11.9. The Labute approximate surface area is 213 Å². The van der Waals surface area contributed by atoms with E-state index in [1.54, 1.807) is 0 Å². The van der Waals surface area contributed by atoms with Crippen molar-refractivity contribution in [1.82, 2.24) is 0 Å². The third-order valence-electron chi connectivity index (χ3n) is 4.49. The van der Waals surface area contributed by atoms with Gasteiger partial charge in [-0.3, -0.25) is 4.79 Å². The van der Waals surface area contributed by atoms with Crippen molar-refractivity contribution in [2.45, 2.75) is 71.0 Å². The molecule has 2 rings (SSSR count). The third-order valence-corrected chi connectivity index (χ3v) is 5.38. The summed E-state index contributed by atoms with van der Waals surface area (Å²) in [6.07, 6.45) is 12.6. The van der Waals surface area contributed by atoms with Crippen molar-refractivity contribution in [3.8, 4) is 0 Å². The van der Waals surface area contributed by atoms with Gasteiger partial charge in [0.25, 0.3) is 0 Å². The number of carbonyl (C=O) groups excluding carboxylic acids is 1. The van der Waals surface area contributed by atoms with Crippen molar-refractivity contribution in [3.05, 3.63) is 51.7 Å². The molecule has 0 heterocycles. The minimum Gasteiger partial charge on any atom is 0 e. The fourth-order valence-electron chi connectivity index (χ4n) is 3.51. The van der Waals surface area contributed by atoms with Gasteiger partial charge in [-0.15, -0.1) is 0 Å². The van der Waals surface area contributed by atoms with Crippen molar-refractivity contribution in [2.24, 2.45) is 11.3 Å². The maximum Gasteiger partial charge on any atom is 0 e. The Morgan fingerprint density at radius 3 is 1.47 bits per heavy atom. The molecular formula is C22H26Co2O7Si. The molecular weight excluding hydrogens is 522 g/mol. The first kappa shape index (κ1) is 48.5. The zero-order chi connectivity index (χ0) is 25.2. The summed E-state index contributed by atoms with van der Waals surface area (Å²) in [5, 5.41) is 0. The number of hydrogen-bond donors (Lipinski definition) is 0. The molecule has 7 nitrogen and oxygen atoms in total. The first-order chi connectivity index (χ1) is 14.4. The van der Waals surface area contributed by atoms with E-state index in [4.69, 9.17) is 27.9 Å². The SMILES string of the molecule is C[Si](C)(C)[C]=[C]C1CCCC(=O)C12CCCCC2.[C-]#[O+].[C-]#[O+].[C-]#[O+].[C-]#[O+].[C-]#[O+].[C-]#[O+].[Co].[Co]. The Kier molecular flexibility index (Phi) is 52.6. The summed E-state index contributed by atoms with van der Waals surface area (Å²) in [6, 6.07) is 0. The molecule has 10 heteroatoms. The van der Waals surface area contributed by atoms with Gasteiger partial charge in [-0.05, 0) is 37.7 Å². The molecule has 0 aromatic rings. The minimum atomic E-state index is -1.32. The molecule has 0 aromatic carbocycles. The molecule has 0 saturated heterocycles. The molecule has 0 aliphatic heterocycles. The van der Waals surface area contributed by atoms with Crippen LogP contribution in [0.3, 0.4) is 0 Å². The molecule has 1 unspecified atom stereocenters. The Morgan fingerprint density at radius 2 is 1.12 bits per heavy atom.